The van der Waals surface area contributed by atoms with E-state index in [0.717, 1.165) is 5.56 Å². The van der Waals surface area contributed by atoms with Crippen LogP contribution in [0.15, 0.2) is 47.5 Å². The molecule has 0 N–H and O–H groups in total. The van der Waals surface area contributed by atoms with E-state index in [1.165, 1.54) is 0 Å². The molecule has 4 nitrogen and oxygen atoms in total. The van der Waals surface area contributed by atoms with Gasteiger partial charge in [0.15, 0.2) is 0 Å². The summed E-state index contributed by atoms with van der Waals surface area (Å²) in [5.41, 5.74) is 0.875. The van der Waals surface area contributed by atoms with Gasteiger partial charge < -0.3 is 0 Å². The second kappa shape index (κ2) is 5.57. The number of nitriles is 1. The zero-order valence-electron chi connectivity index (χ0n) is 11.2. The molecule has 0 saturated carbocycles. The van der Waals surface area contributed by atoms with Gasteiger partial charge in [0.2, 0.25) is 0 Å². The molecule has 1 aromatic heterocycles. The summed E-state index contributed by atoms with van der Waals surface area (Å²) in [6, 6.07) is 11.9. The molecule has 0 amide bonds. The molecular weight excluding hydrogens is 238 g/mol. The van der Waals surface area contributed by atoms with Gasteiger partial charge in [0.05, 0.1) is 12.0 Å². The van der Waals surface area contributed by atoms with Gasteiger partial charge >= 0.3 is 5.69 Å². The van der Waals surface area contributed by atoms with Gasteiger partial charge in [0.25, 0.3) is 0 Å². The smallest absolute Gasteiger partial charge is 0.298 e. The third kappa shape index (κ3) is 2.76. The molecule has 0 aliphatic heterocycles. The van der Waals surface area contributed by atoms with E-state index in [9.17, 15) is 10.1 Å². The lowest BCUT2D eigenvalue weighted by molar-refractivity contribution is 0.542. The number of aromatic nitrogens is 2. The van der Waals surface area contributed by atoms with Crippen LogP contribution in [0.3, 0.4) is 0 Å². The van der Waals surface area contributed by atoms with Gasteiger partial charge in [-0.2, -0.15) is 5.26 Å². The molecule has 1 atom stereocenters. The largest absolute Gasteiger partial charge is 0.328 e. The van der Waals surface area contributed by atoms with Crippen molar-refractivity contribution in [3.8, 4) is 6.07 Å². The molecule has 98 valence electrons. The van der Waals surface area contributed by atoms with Crippen LogP contribution in [0.2, 0.25) is 0 Å². The Labute approximate surface area is 112 Å². The molecule has 1 heterocycles. The molecule has 0 saturated heterocycles. The highest BCUT2D eigenvalue weighted by Gasteiger charge is 2.14. The van der Waals surface area contributed by atoms with Crippen molar-refractivity contribution in [2.45, 2.75) is 32.4 Å². The second-order valence-corrected chi connectivity index (χ2v) is 4.83. The van der Waals surface area contributed by atoms with Gasteiger partial charge in [-0.05, 0) is 19.4 Å². The lowest BCUT2D eigenvalue weighted by Gasteiger charge is -2.10. The van der Waals surface area contributed by atoms with Gasteiger partial charge in [-0.3, -0.25) is 9.13 Å². The van der Waals surface area contributed by atoms with Crippen molar-refractivity contribution in [3.05, 3.63) is 58.8 Å². The third-order valence-electron chi connectivity index (χ3n) is 3.17. The molecule has 4 heteroatoms. The van der Waals surface area contributed by atoms with Crippen LogP contribution in [0.4, 0.5) is 0 Å². The van der Waals surface area contributed by atoms with Gasteiger partial charge in [-0.1, -0.05) is 30.3 Å². The van der Waals surface area contributed by atoms with Crippen LogP contribution >= 0.6 is 0 Å². The number of hydrogen-bond acceptors (Lipinski definition) is 2. The number of nitrogens with zero attached hydrogens (tertiary/aromatic N) is 3. The molecule has 1 unspecified atom stereocenters. The molecule has 19 heavy (non-hydrogen) atoms. The molecule has 0 radical (unpaired) electrons. The lowest BCUT2D eigenvalue weighted by atomic mass is 10.0. The first-order valence-corrected chi connectivity index (χ1v) is 6.35. The fourth-order valence-electron chi connectivity index (χ4n) is 2.06. The van der Waals surface area contributed by atoms with Crippen LogP contribution in [-0.2, 0) is 6.54 Å². The van der Waals surface area contributed by atoms with Crippen LogP contribution in [0.5, 0.6) is 0 Å². The molecule has 0 fully saturated rings. The summed E-state index contributed by atoms with van der Waals surface area (Å²) in [5, 5.41) is 9.28. The van der Waals surface area contributed by atoms with Crippen molar-refractivity contribution in [2.24, 2.45) is 0 Å². The fourth-order valence-corrected chi connectivity index (χ4v) is 2.06. The molecule has 2 aromatic rings. The highest BCUT2D eigenvalue weighted by Crippen LogP contribution is 2.16. The average Bonchev–Trinajstić information content (AvgIpc) is 2.78. The Bertz CT molecular complexity index is 631. The molecule has 0 aliphatic rings. The minimum atomic E-state index is -0.304. The van der Waals surface area contributed by atoms with Gasteiger partial charge in [-0.15, -0.1) is 0 Å². The Kier molecular flexibility index (Phi) is 3.86. The van der Waals surface area contributed by atoms with Crippen molar-refractivity contribution in [1.82, 2.24) is 9.13 Å². The standard InChI is InChI=1S/C15H17N3O/c1-12(2)18-9-8-17(15(18)19)11-14(10-16)13-6-4-3-5-7-13/h3-9,12,14H,11H2,1-2H3. The Hall–Kier alpha value is -2.28. The number of imidazole rings is 1. The summed E-state index contributed by atoms with van der Waals surface area (Å²) >= 11 is 0. The van der Waals surface area contributed by atoms with E-state index >= 15 is 0 Å². The van der Waals surface area contributed by atoms with Crippen molar-refractivity contribution < 1.29 is 0 Å². The molecule has 1 aromatic carbocycles. The summed E-state index contributed by atoms with van der Waals surface area (Å²) < 4.78 is 3.26. The van der Waals surface area contributed by atoms with Gasteiger partial charge in [-0.25, -0.2) is 4.79 Å². The Balaban J connectivity index is 2.26. The van der Waals surface area contributed by atoms with E-state index in [2.05, 4.69) is 6.07 Å². The van der Waals surface area contributed by atoms with Gasteiger partial charge in [0.1, 0.15) is 0 Å². The lowest BCUT2D eigenvalue weighted by Crippen LogP contribution is -2.26. The predicted octanol–water partition coefficient (Wildman–Crippen LogP) is 2.54. The Morgan fingerprint density at radius 2 is 1.89 bits per heavy atom. The number of rotatable bonds is 4. The summed E-state index contributed by atoms with van der Waals surface area (Å²) in [5.74, 6) is -0.304. The van der Waals surface area contributed by atoms with Crippen LogP contribution < -0.4 is 5.69 Å². The SMILES string of the molecule is CC(C)n1ccn(CC(C#N)c2ccccc2)c1=O. The minimum Gasteiger partial charge on any atom is -0.298 e. The summed E-state index contributed by atoms with van der Waals surface area (Å²) in [6.07, 6.45) is 3.52. The minimum absolute atomic E-state index is 0.0637. The monoisotopic (exact) mass is 255 g/mol. The van der Waals surface area contributed by atoms with Crippen molar-refractivity contribution >= 4 is 0 Å². The normalized spacial score (nSPS) is 12.3. The zero-order valence-corrected chi connectivity index (χ0v) is 11.2. The average molecular weight is 255 g/mol. The molecule has 0 aliphatic carbocycles. The molecule has 2 rings (SSSR count). The second-order valence-electron chi connectivity index (χ2n) is 4.83. The maximum Gasteiger partial charge on any atom is 0.328 e. The van der Waals surface area contributed by atoms with Crippen LogP contribution in [0.25, 0.3) is 0 Å². The van der Waals surface area contributed by atoms with E-state index in [4.69, 9.17) is 0 Å². The van der Waals surface area contributed by atoms with E-state index in [1.807, 2.05) is 44.2 Å². The maximum absolute atomic E-state index is 12.1. The van der Waals surface area contributed by atoms with E-state index in [0.29, 0.717) is 6.54 Å². The third-order valence-corrected chi connectivity index (χ3v) is 3.17. The van der Waals surface area contributed by atoms with Crippen LogP contribution in [-0.4, -0.2) is 9.13 Å². The molecular formula is C15H17N3O. The Morgan fingerprint density at radius 1 is 1.21 bits per heavy atom. The topological polar surface area (TPSA) is 50.7 Å². The summed E-state index contributed by atoms with van der Waals surface area (Å²) in [6.45, 7) is 4.31. The highest BCUT2D eigenvalue weighted by molar-refractivity contribution is 5.24. The first-order chi connectivity index (χ1) is 9.13. The first-order valence-electron chi connectivity index (χ1n) is 6.35. The van der Waals surface area contributed by atoms with Crippen LogP contribution in [0.1, 0.15) is 31.4 Å². The molecule has 0 spiro atoms. The number of benzene rings is 1. The molecule has 0 bridgehead atoms. The Morgan fingerprint density at radius 3 is 2.42 bits per heavy atom. The quantitative estimate of drug-likeness (QED) is 0.843. The summed E-state index contributed by atoms with van der Waals surface area (Å²) in [7, 11) is 0. The van der Waals surface area contributed by atoms with Gasteiger partial charge in [0, 0.05) is 25.0 Å². The van der Waals surface area contributed by atoms with E-state index in [1.54, 1.807) is 21.5 Å². The maximum atomic E-state index is 12.1. The summed E-state index contributed by atoms with van der Waals surface area (Å²) in [4.78, 5) is 12.1. The first kappa shape index (κ1) is 13.2. The van der Waals surface area contributed by atoms with E-state index in [-0.39, 0.29) is 17.6 Å². The zero-order chi connectivity index (χ0) is 13.8. The van der Waals surface area contributed by atoms with E-state index < -0.39 is 0 Å². The van der Waals surface area contributed by atoms with Crippen molar-refractivity contribution in [1.29, 1.82) is 5.26 Å². The van der Waals surface area contributed by atoms with Crippen LogP contribution in [0, 0.1) is 11.3 Å². The number of hydrogen-bond donors (Lipinski definition) is 0. The van der Waals surface area contributed by atoms with Crippen molar-refractivity contribution in [2.75, 3.05) is 0 Å². The van der Waals surface area contributed by atoms with Crippen molar-refractivity contribution in [3.63, 3.8) is 0 Å². The highest BCUT2D eigenvalue weighted by atomic mass is 16.1. The predicted molar refractivity (Wildman–Crippen MR) is 73.9 cm³/mol. The fraction of sp³-hybridized carbons (Fsp3) is 0.333.